The van der Waals surface area contributed by atoms with Crippen LogP contribution in [0, 0.1) is 0 Å². The van der Waals surface area contributed by atoms with Crippen LogP contribution in [0.4, 0.5) is 5.69 Å². The topological polar surface area (TPSA) is 49.4 Å². The van der Waals surface area contributed by atoms with Crippen LogP contribution in [-0.4, -0.2) is 23.3 Å². The monoisotopic (exact) mass is 384 g/mol. The summed E-state index contributed by atoms with van der Waals surface area (Å²) in [6, 6.07) is 25.6. The Morgan fingerprint density at radius 3 is 2.45 bits per heavy atom. The van der Waals surface area contributed by atoms with Gasteiger partial charge in [-0.15, -0.1) is 0 Å². The highest BCUT2D eigenvalue weighted by Crippen LogP contribution is 2.21. The maximum absolute atomic E-state index is 12.9. The highest BCUT2D eigenvalue weighted by atomic mass is 16.2. The normalized spacial score (nSPS) is 13.5. The average Bonchev–Trinajstić information content (AvgIpc) is 3.15. The Kier molecular flexibility index (Phi) is 5.71. The van der Waals surface area contributed by atoms with E-state index in [2.05, 4.69) is 17.4 Å². The highest BCUT2D eigenvalue weighted by molar-refractivity contribution is 6.04. The third-order valence-corrected chi connectivity index (χ3v) is 5.24. The molecule has 0 bridgehead atoms. The second-order valence-electron chi connectivity index (χ2n) is 7.39. The second kappa shape index (κ2) is 8.74. The molecule has 1 aliphatic rings. The molecule has 0 spiro atoms. The third kappa shape index (κ3) is 4.72. The molecule has 4 nitrogen and oxygen atoms in total. The Labute approximate surface area is 171 Å². The van der Waals surface area contributed by atoms with Gasteiger partial charge in [-0.1, -0.05) is 60.7 Å². The number of carbonyl (C=O) groups is 2. The van der Waals surface area contributed by atoms with Gasteiger partial charge in [0.15, 0.2) is 0 Å². The molecule has 0 saturated carbocycles. The Morgan fingerprint density at radius 2 is 1.66 bits per heavy atom. The number of carbonyl (C=O) groups excluding carboxylic acids is 2. The largest absolute Gasteiger partial charge is 0.338 e. The number of likely N-dealkylation sites (tertiary alicyclic amines) is 1. The van der Waals surface area contributed by atoms with Gasteiger partial charge in [0.25, 0.3) is 5.91 Å². The number of nitrogens with zero attached hydrogens (tertiary/aromatic N) is 1. The van der Waals surface area contributed by atoms with Gasteiger partial charge in [-0.3, -0.25) is 9.59 Å². The number of hydrogen-bond donors (Lipinski definition) is 1. The third-order valence-electron chi connectivity index (χ3n) is 5.24. The molecule has 4 rings (SSSR count). The van der Waals surface area contributed by atoms with Gasteiger partial charge in [-0.2, -0.15) is 0 Å². The zero-order valence-corrected chi connectivity index (χ0v) is 16.3. The quantitative estimate of drug-likeness (QED) is 0.672. The summed E-state index contributed by atoms with van der Waals surface area (Å²) in [5, 5.41) is 3.06. The summed E-state index contributed by atoms with van der Waals surface area (Å²) in [4.78, 5) is 26.6. The van der Waals surface area contributed by atoms with Gasteiger partial charge in [0.05, 0.1) is 0 Å². The molecule has 1 fully saturated rings. The van der Waals surface area contributed by atoms with Gasteiger partial charge in [-0.05, 0) is 47.7 Å². The molecule has 0 aromatic heterocycles. The summed E-state index contributed by atoms with van der Waals surface area (Å²) in [5.41, 5.74) is 4.67. The summed E-state index contributed by atoms with van der Waals surface area (Å²) in [6.07, 6.45) is 2.30. The fraction of sp³-hybridized carbons (Fsp3) is 0.200. The zero-order chi connectivity index (χ0) is 20.1. The number of nitrogens with one attached hydrogen (secondary N) is 1. The number of rotatable bonds is 6. The first kappa shape index (κ1) is 18.9. The van der Waals surface area contributed by atoms with Crippen LogP contribution in [0.2, 0.25) is 0 Å². The first-order valence-corrected chi connectivity index (χ1v) is 9.99. The molecular formula is C25H24N2O2. The second-order valence-corrected chi connectivity index (χ2v) is 7.39. The van der Waals surface area contributed by atoms with E-state index in [-0.39, 0.29) is 11.8 Å². The first-order valence-electron chi connectivity index (χ1n) is 9.99. The van der Waals surface area contributed by atoms with Crippen LogP contribution < -0.4 is 5.32 Å². The molecule has 0 atom stereocenters. The molecule has 4 heteroatoms. The molecule has 0 aliphatic carbocycles. The molecule has 1 N–H and O–H groups in total. The van der Waals surface area contributed by atoms with Crippen LogP contribution in [0.5, 0.6) is 0 Å². The van der Waals surface area contributed by atoms with Crippen molar-refractivity contribution in [1.29, 1.82) is 0 Å². The molecule has 0 radical (unpaired) electrons. The molecule has 1 aliphatic heterocycles. The van der Waals surface area contributed by atoms with E-state index in [4.69, 9.17) is 0 Å². The van der Waals surface area contributed by atoms with E-state index < -0.39 is 0 Å². The van der Waals surface area contributed by atoms with Crippen molar-refractivity contribution in [1.82, 2.24) is 4.90 Å². The van der Waals surface area contributed by atoms with Gasteiger partial charge >= 0.3 is 0 Å². The van der Waals surface area contributed by atoms with E-state index in [0.29, 0.717) is 18.5 Å². The molecule has 1 heterocycles. The summed E-state index contributed by atoms with van der Waals surface area (Å²) >= 11 is 0. The Balaban J connectivity index is 1.48. The summed E-state index contributed by atoms with van der Waals surface area (Å²) in [7, 11) is 0. The standard InChI is InChI=1S/C25H24N2O2/c28-24-14-7-15-27(24)18-20-10-6-12-22(17-20)25(29)26-23-13-5-4-11-21(23)16-19-8-2-1-3-9-19/h1-6,8-13,17H,7,14-16,18H2,(H,26,29). The van der Waals surface area contributed by atoms with Gasteiger partial charge in [-0.25, -0.2) is 0 Å². The Hall–Kier alpha value is -3.40. The van der Waals surface area contributed by atoms with Crippen LogP contribution in [0.3, 0.4) is 0 Å². The van der Waals surface area contributed by atoms with Crippen molar-refractivity contribution in [2.24, 2.45) is 0 Å². The summed E-state index contributed by atoms with van der Waals surface area (Å²) in [5.74, 6) is 0.0507. The van der Waals surface area contributed by atoms with Crippen molar-refractivity contribution in [3.05, 3.63) is 101 Å². The lowest BCUT2D eigenvalue weighted by atomic mass is 10.0. The molecule has 0 unspecified atom stereocenters. The van der Waals surface area contributed by atoms with Crippen LogP contribution in [0.1, 0.15) is 39.9 Å². The first-order chi connectivity index (χ1) is 14.2. The van der Waals surface area contributed by atoms with Crippen LogP contribution in [-0.2, 0) is 17.8 Å². The lowest BCUT2D eigenvalue weighted by Crippen LogP contribution is -2.24. The number of amides is 2. The van der Waals surface area contributed by atoms with Crippen LogP contribution >= 0.6 is 0 Å². The molecule has 3 aromatic rings. The highest BCUT2D eigenvalue weighted by Gasteiger charge is 2.20. The van der Waals surface area contributed by atoms with Crippen molar-refractivity contribution in [2.45, 2.75) is 25.8 Å². The van der Waals surface area contributed by atoms with E-state index in [0.717, 1.165) is 36.2 Å². The van der Waals surface area contributed by atoms with Crippen molar-refractivity contribution >= 4 is 17.5 Å². The number of benzene rings is 3. The Bertz CT molecular complexity index is 1010. The maximum atomic E-state index is 12.9. The summed E-state index contributed by atoms with van der Waals surface area (Å²) in [6.45, 7) is 1.35. The maximum Gasteiger partial charge on any atom is 0.255 e. The summed E-state index contributed by atoms with van der Waals surface area (Å²) < 4.78 is 0. The average molecular weight is 384 g/mol. The number of anilines is 1. The molecule has 1 saturated heterocycles. The van der Waals surface area contributed by atoms with Crippen LogP contribution in [0.25, 0.3) is 0 Å². The fourth-order valence-corrected chi connectivity index (χ4v) is 3.71. The predicted octanol–water partition coefficient (Wildman–Crippen LogP) is 4.65. The van der Waals surface area contributed by atoms with Gasteiger partial charge in [0.1, 0.15) is 0 Å². The van der Waals surface area contributed by atoms with Crippen molar-refractivity contribution in [2.75, 3.05) is 11.9 Å². The lowest BCUT2D eigenvalue weighted by molar-refractivity contribution is -0.128. The predicted molar refractivity (Wildman–Crippen MR) is 115 cm³/mol. The van der Waals surface area contributed by atoms with E-state index in [1.54, 1.807) is 0 Å². The smallest absolute Gasteiger partial charge is 0.255 e. The minimum atomic E-state index is -0.139. The minimum Gasteiger partial charge on any atom is -0.338 e. The number of hydrogen-bond acceptors (Lipinski definition) is 2. The van der Waals surface area contributed by atoms with Crippen molar-refractivity contribution in [3.8, 4) is 0 Å². The minimum absolute atomic E-state index is 0.139. The number of para-hydroxylation sites is 1. The van der Waals surface area contributed by atoms with Crippen LogP contribution in [0.15, 0.2) is 78.9 Å². The van der Waals surface area contributed by atoms with E-state index in [1.165, 1.54) is 5.56 Å². The van der Waals surface area contributed by atoms with Gasteiger partial charge in [0.2, 0.25) is 5.91 Å². The SMILES string of the molecule is O=C(Nc1ccccc1Cc1ccccc1)c1cccc(CN2CCCC2=O)c1. The lowest BCUT2D eigenvalue weighted by Gasteiger charge is -2.16. The van der Waals surface area contributed by atoms with E-state index in [1.807, 2.05) is 71.6 Å². The Morgan fingerprint density at radius 1 is 0.897 bits per heavy atom. The molecule has 29 heavy (non-hydrogen) atoms. The molecule has 146 valence electrons. The van der Waals surface area contributed by atoms with Gasteiger partial charge < -0.3 is 10.2 Å². The molecule has 3 aromatic carbocycles. The van der Waals surface area contributed by atoms with Gasteiger partial charge in [0, 0.05) is 30.8 Å². The van der Waals surface area contributed by atoms with E-state index >= 15 is 0 Å². The molecular weight excluding hydrogens is 360 g/mol. The fourth-order valence-electron chi connectivity index (χ4n) is 3.71. The zero-order valence-electron chi connectivity index (χ0n) is 16.3. The molecule has 2 amide bonds. The van der Waals surface area contributed by atoms with E-state index in [9.17, 15) is 9.59 Å². The van der Waals surface area contributed by atoms with Crippen molar-refractivity contribution < 1.29 is 9.59 Å². The van der Waals surface area contributed by atoms with Crippen molar-refractivity contribution in [3.63, 3.8) is 0 Å².